The Morgan fingerprint density at radius 1 is 0.333 bits per heavy atom. The Labute approximate surface area is 315 Å². The molecule has 0 aromatic heterocycles. The third-order valence-corrected chi connectivity index (χ3v) is 10.6. The van der Waals surface area contributed by atoms with Gasteiger partial charge in [0.2, 0.25) is 0 Å². The van der Waals surface area contributed by atoms with Crippen LogP contribution in [0.4, 0.5) is 5.69 Å². The lowest BCUT2D eigenvalue weighted by molar-refractivity contribution is 0.831. The smallest absolute Gasteiger partial charge is 0.145 e. The van der Waals surface area contributed by atoms with E-state index >= 15 is 0 Å². The van der Waals surface area contributed by atoms with E-state index in [-0.39, 0.29) is 6.17 Å². The molecule has 1 N–H and O–H groups in total. The van der Waals surface area contributed by atoms with E-state index in [1.807, 2.05) is 0 Å². The van der Waals surface area contributed by atoms with E-state index in [2.05, 4.69) is 212 Å². The Bertz CT molecular complexity index is 2830. The van der Waals surface area contributed by atoms with Crippen molar-refractivity contribution in [3.8, 4) is 44.5 Å². The highest BCUT2D eigenvalue weighted by Crippen LogP contribution is 2.41. The van der Waals surface area contributed by atoms with Crippen molar-refractivity contribution < 1.29 is 0 Å². The van der Waals surface area contributed by atoms with Gasteiger partial charge in [0, 0.05) is 16.5 Å². The first-order chi connectivity index (χ1) is 26.7. The molecule has 2 nitrogen and oxygen atoms in total. The topological polar surface area (TPSA) is 24.4 Å². The molecule has 1 aliphatic heterocycles. The van der Waals surface area contributed by atoms with E-state index in [0.717, 1.165) is 44.8 Å². The summed E-state index contributed by atoms with van der Waals surface area (Å²) in [5.41, 5.74) is 14.9. The van der Waals surface area contributed by atoms with Gasteiger partial charge in [-0.1, -0.05) is 170 Å². The molecule has 0 saturated heterocycles. The molecule has 54 heavy (non-hydrogen) atoms. The van der Waals surface area contributed by atoms with Crippen molar-refractivity contribution >= 4 is 32.9 Å². The number of fused-ring (bicyclic) bond motifs is 4. The highest BCUT2D eigenvalue weighted by molar-refractivity contribution is 6.20. The summed E-state index contributed by atoms with van der Waals surface area (Å²) >= 11 is 0. The fraction of sp³-hybridized carbons (Fsp3) is 0.0192. The molecule has 9 aromatic carbocycles. The number of aliphatic imine (C=N–C) groups is 1. The lowest BCUT2D eigenvalue weighted by atomic mass is 9.89. The Morgan fingerprint density at radius 2 is 0.815 bits per heavy atom. The zero-order valence-electron chi connectivity index (χ0n) is 29.7. The average molecular weight is 689 g/mol. The van der Waals surface area contributed by atoms with Crippen LogP contribution >= 0.6 is 0 Å². The molecule has 0 aliphatic carbocycles. The zero-order chi connectivity index (χ0) is 35.8. The summed E-state index contributed by atoms with van der Waals surface area (Å²) in [6, 6.07) is 74.3. The van der Waals surface area contributed by atoms with Crippen molar-refractivity contribution in [3.05, 3.63) is 223 Å². The molecular formula is C52H36N2. The molecule has 10 rings (SSSR count). The second-order valence-corrected chi connectivity index (χ2v) is 14.0. The van der Waals surface area contributed by atoms with E-state index in [1.165, 1.54) is 49.4 Å². The lowest BCUT2D eigenvalue weighted by Gasteiger charge is -2.28. The first kappa shape index (κ1) is 31.7. The minimum atomic E-state index is -0.309. The monoisotopic (exact) mass is 688 g/mol. The summed E-state index contributed by atoms with van der Waals surface area (Å²) in [6.45, 7) is 0. The second-order valence-electron chi connectivity index (χ2n) is 14.0. The SMILES string of the molecule is c1ccc(C2=NC(c3cc(-c4ccccc4)cc(-c4cc(-c5ccccc5)cc(-c5cccc6ccccc56)c4)c3)Nc3c2ccc2ccccc32)cc1. The normalized spacial score (nSPS) is 13.6. The summed E-state index contributed by atoms with van der Waals surface area (Å²) in [7, 11) is 0. The van der Waals surface area contributed by atoms with Crippen LogP contribution in [0.25, 0.3) is 66.1 Å². The summed E-state index contributed by atoms with van der Waals surface area (Å²) in [4.78, 5) is 5.51. The molecule has 0 bridgehead atoms. The van der Waals surface area contributed by atoms with E-state index in [0.29, 0.717) is 0 Å². The van der Waals surface area contributed by atoms with Gasteiger partial charge in [-0.15, -0.1) is 0 Å². The maximum atomic E-state index is 5.51. The van der Waals surface area contributed by atoms with Crippen LogP contribution in [0, 0.1) is 0 Å². The van der Waals surface area contributed by atoms with Gasteiger partial charge in [0.25, 0.3) is 0 Å². The lowest BCUT2D eigenvalue weighted by Crippen LogP contribution is -2.21. The molecule has 254 valence electrons. The summed E-state index contributed by atoms with van der Waals surface area (Å²) in [5.74, 6) is 0. The number of benzene rings is 9. The summed E-state index contributed by atoms with van der Waals surface area (Å²) < 4.78 is 0. The number of hydrogen-bond donors (Lipinski definition) is 1. The molecule has 0 radical (unpaired) electrons. The third kappa shape index (κ3) is 5.84. The molecule has 2 heteroatoms. The molecule has 1 unspecified atom stereocenters. The number of nitrogens with zero attached hydrogens (tertiary/aromatic N) is 1. The standard InChI is InChI=1S/C52H36N2/c1-4-15-35(16-5-1)40-29-42(32-44(31-40)47-26-14-23-37-19-10-12-24-46(37)47)43-30-41(36-17-6-2-7-18-36)33-45(34-43)52-53-50(39-21-8-3-9-22-39)49-28-27-38-20-11-13-25-48(38)51(49)54-52/h1-34,52,54H. The summed E-state index contributed by atoms with van der Waals surface area (Å²) in [5, 5.41) is 8.80. The zero-order valence-corrected chi connectivity index (χ0v) is 29.7. The molecule has 1 heterocycles. The van der Waals surface area contributed by atoms with Gasteiger partial charge in [0.15, 0.2) is 0 Å². The van der Waals surface area contributed by atoms with Gasteiger partial charge < -0.3 is 5.32 Å². The van der Waals surface area contributed by atoms with E-state index in [4.69, 9.17) is 4.99 Å². The van der Waals surface area contributed by atoms with Crippen LogP contribution in [0.5, 0.6) is 0 Å². The van der Waals surface area contributed by atoms with Crippen LogP contribution < -0.4 is 5.32 Å². The van der Waals surface area contributed by atoms with Gasteiger partial charge in [-0.25, -0.2) is 0 Å². The van der Waals surface area contributed by atoms with Gasteiger partial charge in [-0.3, -0.25) is 4.99 Å². The molecule has 0 fully saturated rings. The number of rotatable bonds is 6. The molecular weight excluding hydrogens is 653 g/mol. The van der Waals surface area contributed by atoms with E-state index in [9.17, 15) is 0 Å². The second kappa shape index (κ2) is 13.5. The number of nitrogens with one attached hydrogen (secondary N) is 1. The molecule has 1 atom stereocenters. The predicted octanol–water partition coefficient (Wildman–Crippen LogP) is 13.6. The summed E-state index contributed by atoms with van der Waals surface area (Å²) in [6.07, 6.45) is -0.309. The third-order valence-electron chi connectivity index (χ3n) is 10.6. The maximum absolute atomic E-state index is 5.51. The highest BCUT2D eigenvalue weighted by Gasteiger charge is 2.25. The van der Waals surface area contributed by atoms with Crippen molar-refractivity contribution in [1.29, 1.82) is 0 Å². The molecule has 0 saturated carbocycles. The van der Waals surface area contributed by atoms with Crippen molar-refractivity contribution in [2.24, 2.45) is 4.99 Å². The van der Waals surface area contributed by atoms with Crippen molar-refractivity contribution in [2.75, 3.05) is 5.32 Å². The van der Waals surface area contributed by atoms with Gasteiger partial charge in [-0.05, 0) is 103 Å². The predicted molar refractivity (Wildman–Crippen MR) is 228 cm³/mol. The number of hydrogen-bond acceptors (Lipinski definition) is 2. The fourth-order valence-electron chi connectivity index (χ4n) is 7.97. The largest absolute Gasteiger partial charge is 0.359 e. The maximum Gasteiger partial charge on any atom is 0.145 e. The van der Waals surface area contributed by atoms with Crippen molar-refractivity contribution in [2.45, 2.75) is 6.17 Å². The highest BCUT2D eigenvalue weighted by atomic mass is 15.1. The van der Waals surface area contributed by atoms with Crippen LogP contribution in [-0.2, 0) is 0 Å². The van der Waals surface area contributed by atoms with Crippen LogP contribution in [-0.4, -0.2) is 5.71 Å². The quantitative estimate of drug-likeness (QED) is 0.185. The van der Waals surface area contributed by atoms with Crippen LogP contribution in [0.1, 0.15) is 22.9 Å². The Morgan fingerprint density at radius 3 is 1.48 bits per heavy atom. The fourth-order valence-corrected chi connectivity index (χ4v) is 7.97. The first-order valence-corrected chi connectivity index (χ1v) is 18.6. The Hall–Kier alpha value is -7.03. The van der Waals surface area contributed by atoms with Crippen LogP contribution in [0.15, 0.2) is 211 Å². The molecule has 1 aliphatic rings. The Balaban J connectivity index is 1.20. The van der Waals surface area contributed by atoms with Crippen LogP contribution in [0.3, 0.4) is 0 Å². The van der Waals surface area contributed by atoms with Gasteiger partial charge in [-0.2, -0.15) is 0 Å². The number of anilines is 1. The minimum Gasteiger partial charge on any atom is -0.359 e. The Kier molecular flexibility index (Phi) is 7.92. The average Bonchev–Trinajstić information content (AvgIpc) is 3.26. The molecule has 0 amide bonds. The van der Waals surface area contributed by atoms with E-state index < -0.39 is 0 Å². The van der Waals surface area contributed by atoms with Gasteiger partial charge in [0.05, 0.1) is 11.4 Å². The van der Waals surface area contributed by atoms with E-state index in [1.54, 1.807) is 0 Å². The van der Waals surface area contributed by atoms with Gasteiger partial charge in [0.1, 0.15) is 6.17 Å². The molecule has 9 aromatic rings. The van der Waals surface area contributed by atoms with Crippen LogP contribution in [0.2, 0.25) is 0 Å². The molecule has 0 spiro atoms. The van der Waals surface area contributed by atoms with Gasteiger partial charge >= 0.3 is 0 Å². The van der Waals surface area contributed by atoms with Crippen molar-refractivity contribution in [1.82, 2.24) is 0 Å². The van der Waals surface area contributed by atoms with Crippen molar-refractivity contribution in [3.63, 3.8) is 0 Å². The first-order valence-electron chi connectivity index (χ1n) is 18.6. The minimum absolute atomic E-state index is 0.309.